The second-order valence-corrected chi connectivity index (χ2v) is 6.24. The van der Waals surface area contributed by atoms with Crippen LogP contribution in [0.15, 0.2) is 53.1 Å². The van der Waals surface area contributed by atoms with Crippen molar-refractivity contribution < 1.29 is 19.2 Å². The van der Waals surface area contributed by atoms with E-state index >= 15 is 0 Å². The van der Waals surface area contributed by atoms with Crippen molar-refractivity contribution in [3.05, 3.63) is 65.0 Å². The number of rotatable bonds is 7. The van der Waals surface area contributed by atoms with Gasteiger partial charge >= 0.3 is 5.97 Å². The van der Waals surface area contributed by atoms with Crippen LogP contribution in [0.4, 0.5) is 5.69 Å². The van der Waals surface area contributed by atoms with Crippen LogP contribution in [0.2, 0.25) is 5.02 Å². The van der Waals surface area contributed by atoms with E-state index in [1.54, 1.807) is 36.4 Å². The van der Waals surface area contributed by atoms with E-state index in [2.05, 4.69) is 15.5 Å². The van der Waals surface area contributed by atoms with E-state index < -0.39 is 5.97 Å². The first kappa shape index (κ1) is 18.6. The number of amides is 1. The van der Waals surface area contributed by atoms with E-state index in [1.807, 2.05) is 0 Å². The number of aryl methyl sites for hydroxylation is 1. The molecule has 0 saturated heterocycles. The fourth-order valence-electron chi connectivity index (χ4n) is 2.39. The van der Waals surface area contributed by atoms with Crippen LogP contribution < -0.4 is 5.32 Å². The van der Waals surface area contributed by atoms with Gasteiger partial charge in [-0.3, -0.25) is 4.79 Å². The molecule has 7 nitrogen and oxygen atoms in total. The van der Waals surface area contributed by atoms with Crippen molar-refractivity contribution >= 4 is 29.2 Å². The van der Waals surface area contributed by atoms with Crippen LogP contribution in [-0.2, 0) is 11.2 Å². The molecule has 27 heavy (non-hydrogen) atoms. The number of halogens is 1. The molecule has 1 amide bonds. The Hall–Kier alpha value is -3.19. The zero-order valence-corrected chi connectivity index (χ0v) is 14.9. The van der Waals surface area contributed by atoms with Crippen LogP contribution in [0.1, 0.15) is 29.1 Å². The van der Waals surface area contributed by atoms with Crippen LogP contribution in [0.25, 0.3) is 11.4 Å². The highest BCUT2D eigenvalue weighted by Gasteiger charge is 2.10. The minimum Gasteiger partial charge on any atom is -0.478 e. The average molecular weight is 386 g/mol. The van der Waals surface area contributed by atoms with Gasteiger partial charge in [0.05, 0.1) is 5.56 Å². The molecule has 0 saturated carbocycles. The van der Waals surface area contributed by atoms with E-state index in [-0.39, 0.29) is 17.9 Å². The molecule has 0 aliphatic rings. The van der Waals surface area contributed by atoms with Gasteiger partial charge in [0.1, 0.15) is 0 Å². The highest BCUT2D eigenvalue weighted by Crippen LogP contribution is 2.19. The zero-order valence-electron chi connectivity index (χ0n) is 14.2. The minimum atomic E-state index is -1.01. The molecular weight excluding hydrogens is 370 g/mol. The second kappa shape index (κ2) is 8.46. The summed E-state index contributed by atoms with van der Waals surface area (Å²) >= 11 is 5.85. The van der Waals surface area contributed by atoms with Crippen LogP contribution in [0, 0.1) is 0 Å². The van der Waals surface area contributed by atoms with E-state index in [0.717, 1.165) is 5.56 Å². The molecule has 0 radical (unpaired) electrons. The molecule has 1 aromatic heterocycles. The topological polar surface area (TPSA) is 105 Å². The Bertz CT molecular complexity index is 936. The zero-order chi connectivity index (χ0) is 19.2. The molecule has 0 spiro atoms. The highest BCUT2D eigenvalue weighted by molar-refractivity contribution is 6.30. The van der Waals surface area contributed by atoms with Crippen molar-refractivity contribution in [2.24, 2.45) is 0 Å². The summed E-state index contributed by atoms with van der Waals surface area (Å²) in [6.07, 6.45) is 1.30. The lowest BCUT2D eigenvalue weighted by Gasteiger charge is -2.04. The first-order valence-corrected chi connectivity index (χ1v) is 8.61. The molecule has 0 aliphatic heterocycles. The summed E-state index contributed by atoms with van der Waals surface area (Å²) in [6, 6.07) is 13.1. The van der Waals surface area contributed by atoms with Gasteiger partial charge in [-0.1, -0.05) is 16.8 Å². The number of nitrogens with zero attached hydrogens (tertiary/aromatic N) is 2. The Morgan fingerprint density at radius 2 is 1.78 bits per heavy atom. The fraction of sp³-hybridized carbons (Fsp3) is 0.158. The maximum absolute atomic E-state index is 12.0. The van der Waals surface area contributed by atoms with Crippen molar-refractivity contribution in [1.82, 2.24) is 10.1 Å². The summed E-state index contributed by atoms with van der Waals surface area (Å²) in [4.78, 5) is 27.1. The molecule has 0 aliphatic carbocycles. The Balaban J connectivity index is 1.47. The summed E-state index contributed by atoms with van der Waals surface area (Å²) < 4.78 is 5.20. The molecule has 0 bridgehead atoms. The van der Waals surface area contributed by atoms with Crippen molar-refractivity contribution in [1.29, 1.82) is 0 Å². The van der Waals surface area contributed by atoms with Gasteiger partial charge in [-0.2, -0.15) is 4.98 Å². The second-order valence-electron chi connectivity index (χ2n) is 5.80. The first-order chi connectivity index (χ1) is 13.0. The lowest BCUT2D eigenvalue weighted by atomic mass is 10.2. The van der Waals surface area contributed by atoms with Crippen LogP contribution in [0.3, 0.4) is 0 Å². The maximum Gasteiger partial charge on any atom is 0.335 e. The van der Waals surface area contributed by atoms with Crippen LogP contribution in [0.5, 0.6) is 0 Å². The normalized spacial score (nSPS) is 10.6. The van der Waals surface area contributed by atoms with Gasteiger partial charge < -0.3 is 14.9 Å². The highest BCUT2D eigenvalue weighted by atomic mass is 35.5. The van der Waals surface area contributed by atoms with E-state index in [9.17, 15) is 9.59 Å². The van der Waals surface area contributed by atoms with Gasteiger partial charge in [0.2, 0.25) is 17.6 Å². The fourth-order valence-corrected chi connectivity index (χ4v) is 2.52. The number of hydrogen-bond donors (Lipinski definition) is 2. The predicted octanol–water partition coefficient (Wildman–Crippen LogP) is 4.05. The third-order valence-corrected chi connectivity index (χ3v) is 4.03. The summed E-state index contributed by atoms with van der Waals surface area (Å²) in [5, 5.41) is 16.1. The monoisotopic (exact) mass is 385 g/mol. The van der Waals surface area contributed by atoms with Gasteiger partial charge in [0.15, 0.2) is 0 Å². The number of carboxylic acid groups (broad SMARTS) is 1. The number of anilines is 1. The Kier molecular flexibility index (Phi) is 5.83. The van der Waals surface area contributed by atoms with Gasteiger partial charge in [-0.05, 0) is 55.0 Å². The van der Waals surface area contributed by atoms with Crippen molar-refractivity contribution in [2.75, 3.05) is 5.32 Å². The van der Waals surface area contributed by atoms with E-state index in [4.69, 9.17) is 21.2 Å². The number of carboxylic acids is 1. The number of aromatic carboxylic acids is 1. The Morgan fingerprint density at radius 3 is 2.44 bits per heavy atom. The molecule has 1 heterocycles. The first-order valence-electron chi connectivity index (χ1n) is 8.23. The van der Waals surface area contributed by atoms with Crippen molar-refractivity contribution in [3.63, 3.8) is 0 Å². The minimum absolute atomic E-state index is 0.167. The Morgan fingerprint density at radius 1 is 1.07 bits per heavy atom. The summed E-state index contributed by atoms with van der Waals surface area (Å²) in [5.41, 5.74) is 1.52. The predicted molar refractivity (Wildman–Crippen MR) is 99.7 cm³/mol. The summed E-state index contributed by atoms with van der Waals surface area (Å²) in [6.45, 7) is 0. The average Bonchev–Trinajstić information content (AvgIpc) is 3.11. The Labute approximate surface area is 160 Å². The molecule has 3 rings (SSSR count). The number of aromatic nitrogens is 2. The summed E-state index contributed by atoms with van der Waals surface area (Å²) in [5.74, 6) is -0.246. The lowest BCUT2D eigenvalue weighted by Crippen LogP contribution is -2.11. The van der Waals surface area contributed by atoms with Gasteiger partial charge in [0, 0.05) is 29.1 Å². The summed E-state index contributed by atoms with van der Waals surface area (Å²) in [7, 11) is 0. The van der Waals surface area contributed by atoms with Crippen molar-refractivity contribution in [2.45, 2.75) is 19.3 Å². The van der Waals surface area contributed by atoms with Gasteiger partial charge in [-0.25, -0.2) is 4.79 Å². The van der Waals surface area contributed by atoms with Crippen molar-refractivity contribution in [3.8, 4) is 11.4 Å². The molecule has 2 aromatic carbocycles. The van der Waals surface area contributed by atoms with Crippen LogP contribution >= 0.6 is 11.6 Å². The van der Waals surface area contributed by atoms with Gasteiger partial charge in [0.25, 0.3) is 0 Å². The number of benzene rings is 2. The molecule has 3 aromatic rings. The largest absolute Gasteiger partial charge is 0.478 e. The third-order valence-electron chi connectivity index (χ3n) is 3.78. The molecule has 0 atom stereocenters. The van der Waals surface area contributed by atoms with E-state index in [0.29, 0.717) is 35.3 Å². The quantitative estimate of drug-likeness (QED) is 0.635. The smallest absolute Gasteiger partial charge is 0.335 e. The maximum atomic E-state index is 12.0. The number of nitrogens with one attached hydrogen (secondary N) is 1. The molecule has 2 N–H and O–H groups in total. The molecule has 0 unspecified atom stereocenters. The van der Waals surface area contributed by atoms with E-state index in [1.165, 1.54) is 12.1 Å². The standard InChI is InChI=1S/C19H16ClN3O4/c20-14-8-4-12(5-9-14)18-22-17(27-23-18)3-1-2-16(24)21-15-10-6-13(7-11-15)19(25)26/h4-11H,1-3H2,(H,21,24)(H,25,26). The van der Waals surface area contributed by atoms with Gasteiger partial charge in [-0.15, -0.1) is 0 Å². The SMILES string of the molecule is O=C(CCCc1nc(-c2ccc(Cl)cc2)no1)Nc1ccc(C(=O)O)cc1. The molecule has 138 valence electrons. The number of carbonyl (C=O) groups excluding carboxylic acids is 1. The molecule has 0 fully saturated rings. The molecule has 8 heteroatoms. The molecular formula is C19H16ClN3O4. The van der Waals surface area contributed by atoms with Crippen LogP contribution in [-0.4, -0.2) is 27.1 Å². The lowest BCUT2D eigenvalue weighted by molar-refractivity contribution is -0.116. The third kappa shape index (κ3) is 5.15. The number of carbonyl (C=O) groups is 2. The number of hydrogen-bond acceptors (Lipinski definition) is 5.